The zero-order valence-corrected chi connectivity index (χ0v) is 11.6. The molecule has 0 aliphatic carbocycles. The molecule has 3 heteroatoms. The second kappa shape index (κ2) is 5.55. The largest absolute Gasteiger partial charge is 0.336 e. The second-order valence-electron chi connectivity index (χ2n) is 5.24. The lowest BCUT2D eigenvalue weighted by Gasteiger charge is -2.33. The van der Waals surface area contributed by atoms with Gasteiger partial charge in [0, 0.05) is 12.6 Å². The number of aryl methyl sites for hydroxylation is 1. The molecule has 1 aliphatic rings. The molecule has 2 rings (SSSR count). The Bertz CT molecular complexity index is 510. The number of amides is 1. The van der Waals surface area contributed by atoms with E-state index in [9.17, 15) is 9.18 Å². The minimum absolute atomic E-state index is 0.161. The first kappa shape index (κ1) is 13.8. The number of hydrogen-bond donors (Lipinski definition) is 0. The van der Waals surface area contributed by atoms with E-state index < -0.39 is 5.82 Å². The third-order valence-electron chi connectivity index (χ3n) is 3.87. The van der Waals surface area contributed by atoms with E-state index in [1.807, 2.05) is 13.8 Å². The molecule has 1 fully saturated rings. The van der Waals surface area contributed by atoms with Crippen molar-refractivity contribution in [2.24, 2.45) is 0 Å². The van der Waals surface area contributed by atoms with Gasteiger partial charge in [-0.2, -0.15) is 0 Å². The van der Waals surface area contributed by atoms with Gasteiger partial charge in [0.25, 0.3) is 5.91 Å². The minimum Gasteiger partial charge on any atom is -0.336 e. The highest BCUT2D eigenvalue weighted by Crippen LogP contribution is 2.23. The molecule has 0 aromatic heterocycles. The zero-order valence-electron chi connectivity index (χ0n) is 11.6. The molecule has 1 aromatic rings. The van der Waals surface area contributed by atoms with Crippen LogP contribution in [0.15, 0.2) is 18.7 Å². The molecule has 1 atom stereocenters. The molecule has 2 nitrogen and oxygen atoms in total. The third-order valence-corrected chi connectivity index (χ3v) is 3.87. The van der Waals surface area contributed by atoms with Crippen molar-refractivity contribution in [2.45, 2.75) is 39.2 Å². The Labute approximate surface area is 113 Å². The summed E-state index contributed by atoms with van der Waals surface area (Å²) in [7, 11) is 0. The Morgan fingerprint density at radius 1 is 1.47 bits per heavy atom. The number of piperidine rings is 1. The first-order valence-corrected chi connectivity index (χ1v) is 6.78. The number of carbonyl (C=O) groups is 1. The molecular weight excluding hydrogens is 241 g/mol. The second-order valence-corrected chi connectivity index (χ2v) is 5.24. The van der Waals surface area contributed by atoms with Gasteiger partial charge in [-0.25, -0.2) is 4.39 Å². The molecular formula is C16H20FNO. The van der Waals surface area contributed by atoms with Crippen molar-refractivity contribution < 1.29 is 9.18 Å². The van der Waals surface area contributed by atoms with Gasteiger partial charge in [-0.05, 0) is 56.4 Å². The number of rotatable bonds is 2. The van der Waals surface area contributed by atoms with Gasteiger partial charge in [-0.1, -0.05) is 12.7 Å². The summed E-state index contributed by atoms with van der Waals surface area (Å²) in [4.78, 5) is 14.2. The van der Waals surface area contributed by atoms with Gasteiger partial charge >= 0.3 is 0 Å². The van der Waals surface area contributed by atoms with Crippen molar-refractivity contribution in [3.8, 4) is 0 Å². The number of halogens is 1. The highest BCUT2D eigenvalue weighted by molar-refractivity contribution is 5.95. The van der Waals surface area contributed by atoms with Crippen LogP contribution in [0.2, 0.25) is 0 Å². The Kier molecular flexibility index (Phi) is 4.03. The van der Waals surface area contributed by atoms with Crippen molar-refractivity contribution in [2.75, 3.05) is 6.54 Å². The lowest BCUT2D eigenvalue weighted by atomic mass is 10.00. The average molecular weight is 261 g/mol. The van der Waals surface area contributed by atoms with Crippen LogP contribution in [0.25, 0.3) is 6.08 Å². The molecule has 0 bridgehead atoms. The van der Waals surface area contributed by atoms with Gasteiger partial charge in [-0.15, -0.1) is 0 Å². The van der Waals surface area contributed by atoms with E-state index >= 15 is 0 Å². The Balaban J connectivity index is 2.35. The third kappa shape index (κ3) is 2.70. The van der Waals surface area contributed by atoms with E-state index in [-0.39, 0.29) is 17.5 Å². The summed E-state index contributed by atoms with van der Waals surface area (Å²) < 4.78 is 14.0. The van der Waals surface area contributed by atoms with E-state index in [1.54, 1.807) is 17.0 Å². The fourth-order valence-electron chi connectivity index (χ4n) is 2.63. The standard InChI is InChI=1S/C16H20FNO/c1-4-13-10-14(15(17)9-11(13)2)16(19)18-8-6-5-7-12(18)3/h4,9-10,12H,1,5-8H2,2-3H3. The van der Waals surface area contributed by atoms with Gasteiger partial charge in [0.2, 0.25) is 0 Å². The molecule has 0 spiro atoms. The van der Waals surface area contributed by atoms with Gasteiger partial charge < -0.3 is 4.90 Å². The number of benzene rings is 1. The van der Waals surface area contributed by atoms with Gasteiger partial charge in [0.15, 0.2) is 0 Å². The smallest absolute Gasteiger partial charge is 0.257 e. The van der Waals surface area contributed by atoms with Crippen LogP contribution < -0.4 is 0 Å². The van der Waals surface area contributed by atoms with Gasteiger partial charge in [0.05, 0.1) is 5.56 Å². The van der Waals surface area contributed by atoms with Gasteiger partial charge in [0.1, 0.15) is 5.82 Å². The van der Waals surface area contributed by atoms with E-state index in [1.165, 1.54) is 6.07 Å². The maximum Gasteiger partial charge on any atom is 0.257 e. The van der Waals surface area contributed by atoms with Crippen LogP contribution in [0.5, 0.6) is 0 Å². The number of nitrogens with zero attached hydrogens (tertiary/aromatic N) is 1. The van der Waals surface area contributed by atoms with Crippen LogP contribution in [0.4, 0.5) is 4.39 Å². The van der Waals surface area contributed by atoms with Crippen LogP contribution in [-0.2, 0) is 0 Å². The fourth-order valence-corrected chi connectivity index (χ4v) is 2.63. The SMILES string of the molecule is C=Cc1cc(C(=O)N2CCCCC2C)c(F)cc1C. The van der Waals surface area contributed by atoms with E-state index in [4.69, 9.17) is 0 Å². The Morgan fingerprint density at radius 2 is 2.21 bits per heavy atom. The normalized spacial score (nSPS) is 19.3. The highest BCUT2D eigenvalue weighted by Gasteiger charge is 2.26. The summed E-state index contributed by atoms with van der Waals surface area (Å²) in [6, 6.07) is 3.22. The van der Waals surface area contributed by atoms with E-state index in [2.05, 4.69) is 6.58 Å². The monoisotopic (exact) mass is 261 g/mol. The molecule has 0 N–H and O–H groups in total. The molecule has 19 heavy (non-hydrogen) atoms. The van der Waals surface area contributed by atoms with Crippen molar-refractivity contribution in [1.82, 2.24) is 4.90 Å². The van der Waals surface area contributed by atoms with Crippen LogP contribution in [0.3, 0.4) is 0 Å². The fraction of sp³-hybridized carbons (Fsp3) is 0.438. The number of hydrogen-bond acceptors (Lipinski definition) is 1. The van der Waals surface area contributed by atoms with Gasteiger partial charge in [-0.3, -0.25) is 4.79 Å². The molecule has 1 saturated heterocycles. The van der Waals surface area contributed by atoms with Crippen LogP contribution >= 0.6 is 0 Å². The van der Waals surface area contributed by atoms with Crippen molar-refractivity contribution >= 4 is 12.0 Å². The zero-order chi connectivity index (χ0) is 14.0. The summed E-state index contributed by atoms with van der Waals surface area (Å²) >= 11 is 0. The van der Waals surface area contributed by atoms with Crippen LogP contribution in [0, 0.1) is 12.7 Å². The maximum absolute atomic E-state index is 14.0. The first-order chi connectivity index (χ1) is 9.04. The minimum atomic E-state index is -0.439. The molecule has 1 heterocycles. The van der Waals surface area contributed by atoms with E-state index in [0.29, 0.717) is 0 Å². The average Bonchev–Trinajstić information content (AvgIpc) is 2.39. The van der Waals surface area contributed by atoms with Crippen molar-refractivity contribution in [3.63, 3.8) is 0 Å². The molecule has 1 aliphatic heterocycles. The van der Waals surface area contributed by atoms with E-state index in [0.717, 1.165) is 36.9 Å². The predicted molar refractivity (Wildman–Crippen MR) is 75.6 cm³/mol. The topological polar surface area (TPSA) is 20.3 Å². The summed E-state index contributed by atoms with van der Waals surface area (Å²) in [5, 5.41) is 0. The van der Waals surface area contributed by atoms with Crippen molar-refractivity contribution in [3.05, 3.63) is 41.2 Å². The molecule has 1 aromatic carbocycles. The van der Waals surface area contributed by atoms with Crippen LogP contribution in [0.1, 0.15) is 47.7 Å². The summed E-state index contributed by atoms with van der Waals surface area (Å²) in [6.07, 6.45) is 4.79. The maximum atomic E-state index is 14.0. The number of carbonyl (C=O) groups excluding carboxylic acids is 1. The Hall–Kier alpha value is -1.64. The molecule has 0 saturated carbocycles. The summed E-state index contributed by atoms with van der Waals surface area (Å²) in [6.45, 7) is 8.26. The lowest BCUT2D eigenvalue weighted by Crippen LogP contribution is -2.42. The number of likely N-dealkylation sites (tertiary alicyclic amines) is 1. The summed E-state index contributed by atoms with van der Waals surface area (Å²) in [5.74, 6) is -0.640. The molecule has 102 valence electrons. The molecule has 1 unspecified atom stereocenters. The highest BCUT2D eigenvalue weighted by atomic mass is 19.1. The quantitative estimate of drug-likeness (QED) is 0.793. The Morgan fingerprint density at radius 3 is 2.84 bits per heavy atom. The molecule has 0 radical (unpaired) electrons. The predicted octanol–water partition coefficient (Wildman–Crippen LogP) is 3.79. The van der Waals surface area contributed by atoms with Crippen LogP contribution in [-0.4, -0.2) is 23.4 Å². The lowest BCUT2D eigenvalue weighted by molar-refractivity contribution is 0.0631. The molecule has 1 amide bonds. The first-order valence-electron chi connectivity index (χ1n) is 6.78. The van der Waals surface area contributed by atoms with Crippen molar-refractivity contribution in [1.29, 1.82) is 0 Å². The summed E-state index contributed by atoms with van der Waals surface area (Å²) in [5.41, 5.74) is 1.78.